The van der Waals surface area contributed by atoms with Crippen molar-refractivity contribution in [3.8, 4) is 45.8 Å². The van der Waals surface area contributed by atoms with E-state index in [1.54, 1.807) is 13.8 Å². The molecule has 0 unspecified atom stereocenters. The molecular weight excluding hydrogens is 344 g/mol. The molecule has 0 bridgehead atoms. The molecule has 8 heteroatoms. The first-order valence-corrected chi connectivity index (χ1v) is 7.63. The lowest BCUT2D eigenvalue weighted by molar-refractivity contribution is 0.244. The SMILES string of the molecule is CC(C)Oc1cc(O)cc2oc(-c3cc(O)c(O)c(O)c3)c(O)c(=O)c12. The van der Waals surface area contributed by atoms with Crippen LogP contribution in [0.15, 0.2) is 33.5 Å². The summed E-state index contributed by atoms with van der Waals surface area (Å²) < 4.78 is 11.0. The van der Waals surface area contributed by atoms with Crippen LogP contribution in [0.4, 0.5) is 0 Å². The smallest absolute Gasteiger partial charge is 0.238 e. The van der Waals surface area contributed by atoms with Crippen molar-refractivity contribution in [2.45, 2.75) is 20.0 Å². The molecule has 0 atom stereocenters. The van der Waals surface area contributed by atoms with Gasteiger partial charge in [-0.05, 0) is 26.0 Å². The normalized spacial score (nSPS) is 11.2. The van der Waals surface area contributed by atoms with Crippen LogP contribution in [-0.4, -0.2) is 31.6 Å². The van der Waals surface area contributed by atoms with Crippen LogP contribution in [0.1, 0.15) is 13.8 Å². The van der Waals surface area contributed by atoms with Crippen LogP contribution in [0.5, 0.6) is 34.5 Å². The first-order valence-electron chi connectivity index (χ1n) is 7.63. The van der Waals surface area contributed by atoms with E-state index in [2.05, 4.69) is 0 Å². The van der Waals surface area contributed by atoms with E-state index in [1.165, 1.54) is 12.1 Å². The Morgan fingerprint density at radius 3 is 2.12 bits per heavy atom. The minimum atomic E-state index is -0.816. The number of hydrogen-bond donors (Lipinski definition) is 5. The van der Waals surface area contributed by atoms with E-state index in [-0.39, 0.29) is 39.9 Å². The summed E-state index contributed by atoms with van der Waals surface area (Å²) in [5.74, 6) is -3.38. The van der Waals surface area contributed by atoms with Gasteiger partial charge in [-0.2, -0.15) is 0 Å². The van der Waals surface area contributed by atoms with Crippen molar-refractivity contribution < 1.29 is 34.7 Å². The number of phenols is 4. The summed E-state index contributed by atoms with van der Waals surface area (Å²) in [6.45, 7) is 3.46. The van der Waals surface area contributed by atoms with Crippen molar-refractivity contribution in [1.29, 1.82) is 0 Å². The largest absolute Gasteiger partial charge is 0.508 e. The van der Waals surface area contributed by atoms with Gasteiger partial charge < -0.3 is 34.7 Å². The molecule has 2 aromatic carbocycles. The highest BCUT2D eigenvalue weighted by molar-refractivity contribution is 5.88. The zero-order valence-corrected chi connectivity index (χ0v) is 13.8. The van der Waals surface area contributed by atoms with Gasteiger partial charge >= 0.3 is 0 Å². The van der Waals surface area contributed by atoms with E-state index in [1.807, 2.05) is 0 Å². The second-order valence-electron chi connectivity index (χ2n) is 5.96. The Morgan fingerprint density at radius 1 is 0.923 bits per heavy atom. The molecule has 0 spiro atoms. The van der Waals surface area contributed by atoms with Crippen LogP contribution < -0.4 is 10.2 Å². The average Bonchev–Trinajstić information content (AvgIpc) is 2.54. The number of phenolic OH excluding ortho intramolecular Hbond substituents is 4. The Labute approximate surface area is 146 Å². The monoisotopic (exact) mass is 360 g/mol. The molecule has 26 heavy (non-hydrogen) atoms. The number of aromatic hydroxyl groups is 5. The topological polar surface area (TPSA) is 141 Å². The fourth-order valence-electron chi connectivity index (χ4n) is 2.54. The molecule has 0 saturated carbocycles. The van der Waals surface area contributed by atoms with E-state index in [0.29, 0.717) is 0 Å². The number of hydrogen-bond acceptors (Lipinski definition) is 8. The molecule has 3 aromatic rings. The molecular formula is C18H16O8. The van der Waals surface area contributed by atoms with Gasteiger partial charge in [0.1, 0.15) is 22.5 Å². The summed E-state index contributed by atoms with van der Waals surface area (Å²) >= 11 is 0. The van der Waals surface area contributed by atoms with E-state index < -0.39 is 28.4 Å². The van der Waals surface area contributed by atoms with Crippen LogP contribution in [0.25, 0.3) is 22.3 Å². The zero-order chi connectivity index (χ0) is 19.2. The Kier molecular flexibility index (Phi) is 4.03. The fraction of sp³-hybridized carbons (Fsp3) is 0.167. The van der Waals surface area contributed by atoms with Crippen LogP contribution in [-0.2, 0) is 0 Å². The van der Waals surface area contributed by atoms with E-state index in [0.717, 1.165) is 12.1 Å². The maximum absolute atomic E-state index is 12.6. The molecule has 0 aliphatic rings. The molecule has 8 nitrogen and oxygen atoms in total. The van der Waals surface area contributed by atoms with Crippen molar-refractivity contribution in [2.75, 3.05) is 0 Å². The van der Waals surface area contributed by atoms with Crippen molar-refractivity contribution in [2.24, 2.45) is 0 Å². The van der Waals surface area contributed by atoms with Gasteiger partial charge in [0.2, 0.25) is 11.2 Å². The van der Waals surface area contributed by atoms with E-state index in [4.69, 9.17) is 9.15 Å². The van der Waals surface area contributed by atoms with Crippen molar-refractivity contribution in [3.63, 3.8) is 0 Å². The van der Waals surface area contributed by atoms with Gasteiger partial charge in [0.15, 0.2) is 23.0 Å². The first-order chi connectivity index (χ1) is 12.2. The van der Waals surface area contributed by atoms with E-state index in [9.17, 15) is 30.3 Å². The third kappa shape index (κ3) is 2.81. The molecule has 3 rings (SSSR count). The van der Waals surface area contributed by atoms with E-state index >= 15 is 0 Å². The molecule has 0 saturated heterocycles. The number of rotatable bonds is 3. The minimum Gasteiger partial charge on any atom is -0.508 e. The third-order valence-corrected chi connectivity index (χ3v) is 3.61. The molecule has 0 radical (unpaired) electrons. The fourth-order valence-corrected chi connectivity index (χ4v) is 2.54. The van der Waals surface area contributed by atoms with Crippen molar-refractivity contribution in [3.05, 3.63) is 34.5 Å². The Hall–Kier alpha value is -3.55. The third-order valence-electron chi connectivity index (χ3n) is 3.61. The predicted molar refractivity (Wildman–Crippen MR) is 92.0 cm³/mol. The van der Waals surface area contributed by atoms with Gasteiger partial charge in [0.25, 0.3) is 0 Å². The first kappa shape index (κ1) is 17.3. The maximum Gasteiger partial charge on any atom is 0.238 e. The average molecular weight is 360 g/mol. The molecule has 0 fully saturated rings. The van der Waals surface area contributed by atoms with Gasteiger partial charge in [-0.15, -0.1) is 0 Å². The molecule has 1 aromatic heterocycles. The number of ether oxygens (including phenoxy) is 1. The summed E-state index contributed by atoms with van der Waals surface area (Å²) in [7, 11) is 0. The Bertz CT molecular complexity index is 1040. The molecule has 1 heterocycles. The number of fused-ring (bicyclic) bond motifs is 1. The zero-order valence-electron chi connectivity index (χ0n) is 13.8. The Morgan fingerprint density at radius 2 is 1.54 bits per heavy atom. The second-order valence-corrected chi connectivity index (χ2v) is 5.96. The molecule has 5 N–H and O–H groups in total. The molecule has 136 valence electrons. The summed E-state index contributed by atoms with van der Waals surface area (Å²) in [4.78, 5) is 12.6. The van der Waals surface area contributed by atoms with Gasteiger partial charge in [0, 0.05) is 17.7 Å². The van der Waals surface area contributed by atoms with Gasteiger partial charge in [-0.25, -0.2) is 0 Å². The quantitative estimate of drug-likeness (QED) is 0.449. The van der Waals surface area contributed by atoms with Crippen LogP contribution in [0.3, 0.4) is 0 Å². The summed E-state index contributed by atoms with van der Waals surface area (Å²) in [6, 6.07) is 4.42. The maximum atomic E-state index is 12.6. The highest BCUT2D eigenvalue weighted by Gasteiger charge is 2.21. The highest BCUT2D eigenvalue weighted by atomic mass is 16.5. The lowest BCUT2D eigenvalue weighted by Gasteiger charge is -2.14. The highest BCUT2D eigenvalue weighted by Crippen LogP contribution is 2.42. The molecule has 0 aliphatic heterocycles. The standard InChI is InChI=1S/C18H16O8/c1-7(2)25-12-5-9(19)6-13-14(12)16(23)17(24)18(26-13)8-3-10(20)15(22)11(21)4-8/h3-7,19-22,24H,1-2H3. The van der Waals surface area contributed by atoms with Crippen LogP contribution >= 0.6 is 0 Å². The van der Waals surface area contributed by atoms with Crippen molar-refractivity contribution in [1.82, 2.24) is 0 Å². The Balaban J connectivity index is 2.34. The van der Waals surface area contributed by atoms with Crippen molar-refractivity contribution >= 4 is 11.0 Å². The van der Waals surface area contributed by atoms with Gasteiger partial charge in [-0.1, -0.05) is 0 Å². The van der Waals surface area contributed by atoms with Gasteiger partial charge in [-0.3, -0.25) is 4.79 Å². The van der Waals surface area contributed by atoms with Crippen LogP contribution in [0.2, 0.25) is 0 Å². The lowest BCUT2D eigenvalue weighted by Crippen LogP contribution is -2.10. The summed E-state index contributed by atoms with van der Waals surface area (Å²) in [5, 5.41) is 48.8. The number of benzene rings is 2. The van der Waals surface area contributed by atoms with Gasteiger partial charge in [0.05, 0.1) is 6.10 Å². The predicted octanol–water partition coefficient (Wildman–Crippen LogP) is 2.78. The molecule has 0 aliphatic carbocycles. The summed E-state index contributed by atoms with van der Waals surface area (Å²) in [6.07, 6.45) is -0.299. The van der Waals surface area contributed by atoms with Crippen LogP contribution in [0, 0.1) is 0 Å². The molecule has 0 amide bonds. The minimum absolute atomic E-state index is 0.0435. The lowest BCUT2D eigenvalue weighted by atomic mass is 10.1. The second kappa shape index (κ2) is 6.07. The summed E-state index contributed by atoms with van der Waals surface area (Å²) in [5.41, 5.74) is -0.932.